The second kappa shape index (κ2) is 14.8. The Morgan fingerprint density at radius 3 is 1.50 bits per heavy atom. The van der Waals surface area contributed by atoms with E-state index in [1.807, 2.05) is 9.80 Å². The molecule has 0 heterocycles. The molecule has 1 unspecified atom stereocenters. The van der Waals surface area contributed by atoms with E-state index in [-0.39, 0.29) is 45.5 Å². The van der Waals surface area contributed by atoms with Crippen LogP contribution in [-0.4, -0.2) is 98.5 Å². The van der Waals surface area contributed by atoms with Crippen molar-refractivity contribution >= 4 is 63.7 Å². The van der Waals surface area contributed by atoms with Gasteiger partial charge < -0.3 is 35.3 Å². The lowest BCUT2D eigenvalue weighted by Gasteiger charge is -2.36. The maximum atomic E-state index is 13.8. The van der Waals surface area contributed by atoms with E-state index in [1.165, 1.54) is 12.1 Å². The number of carbonyl (C=O) groups excluding carboxylic acids is 1. The molecule has 0 saturated heterocycles. The van der Waals surface area contributed by atoms with Crippen LogP contribution < -0.4 is 9.80 Å². The van der Waals surface area contributed by atoms with Gasteiger partial charge in [-0.2, -0.15) is 0 Å². The van der Waals surface area contributed by atoms with Crippen LogP contribution in [0.5, 0.6) is 23.0 Å². The summed E-state index contributed by atoms with van der Waals surface area (Å²) in [7, 11) is 14.0. The SMILES string of the molecule is O=C1C(c2c(O)cc(O)cc2N(CCC[Si])CCC[Si])=C(O)C1c1c(O)cc(O)cc1N(CCC[Si])CCC[Si]. The van der Waals surface area contributed by atoms with Gasteiger partial charge in [0.1, 0.15) is 34.7 Å². The molecule has 208 valence electrons. The molecular formula is C28H34N2O6Si4. The standard InChI is InChI=1S/C28H34N2O6Si4/c31-17-13-19(29(5-1-9-37)6-2-10-38)23(21(33)15-17)25-27(35)26(28(25)36)24-20(14-18(32)16-22(24)34)30(7-3-11-39)8-4-12-40/h13-16,25,31-35H,1-12H2. The number of anilines is 2. The van der Waals surface area contributed by atoms with E-state index in [9.17, 15) is 30.3 Å². The minimum Gasteiger partial charge on any atom is -0.510 e. The average Bonchev–Trinajstić information content (AvgIpc) is 2.91. The van der Waals surface area contributed by atoms with Gasteiger partial charge in [-0.1, -0.05) is 24.2 Å². The number of Topliss-reactive ketones (excluding diaryl/α,β-unsaturated/α-hetero) is 1. The largest absolute Gasteiger partial charge is 0.510 e. The molecule has 1 aliphatic carbocycles. The van der Waals surface area contributed by atoms with Gasteiger partial charge in [-0.05, 0) is 25.7 Å². The fraction of sp³-hybridized carbons (Fsp3) is 0.464. The van der Waals surface area contributed by atoms with Crippen molar-refractivity contribution < 1.29 is 30.3 Å². The molecule has 5 N–H and O–H groups in total. The third kappa shape index (κ3) is 6.96. The third-order valence-corrected chi connectivity index (χ3v) is 8.29. The first-order chi connectivity index (χ1) is 19.2. The van der Waals surface area contributed by atoms with Crippen LogP contribution in [0.15, 0.2) is 30.0 Å². The van der Waals surface area contributed by atoms with Crippen LogP contribution >= 0.6 is 0 Å². The summed E-state index contributed by atoms with van der Waals surface area (Å²) in [5, 5.41) is 53.9. The van der Waals surface area contributed by atoms with E-state index in [0.717, 1.165) is 62.0 Å². The van der Waals surface area contributed by atoms with Crippen LogP contribution in [0.25, 0.3) is 5.57 Å². The van der Waals surface area contributed by atoms with Crippen LogP contribution in [-0.2, 0) is 4.79 Å². The molecule has 1 aliphatic rings. The molecule has 0 aromatic heterocycles. The minimum atomic E-state index is -1.17. The second-order valence-electron chi connectivity index (χ2n) is 9.70. The monoisotopic (exact) mass is 606 g/mol. The molecule has 0 spiro atoms. The summed E-state index contributed by atoms with van der Waals surface area (Å²) in [6.45, 7) is 2.39. The lowest BCUT2D eigenvalue weighted by molar-refractivity contribution is -0.116. The third-order valence-electron chi connectivity index (χ3n) is 6.88. The number of phenols is 4. The Morgan fingerprint density at radius 2 is 1.05 bits per heavy atom. The molecule has 40 heavy (non-hydrogen) atoms. The highest BCUT2D eigenvalue weighted by molar-refractivity contribution is 6.34. The number of allylic oxidation sites excluding steroid dienone is 2. The van der Waals surface area contributed by atoms with Crippen molar-refractivity contribution in [2.75, 3.05) is 36.0 Å². The highest BCUT2D eigenvalue weighted by Crippen LogP contribution is 2.53. The van der Waals surface area contributed by atoms with Gasteiger partial charge >= 0.3 is 0 Å². The molecule has 0 amide bonds. The average molecular weight is 607 g/mol. The Kier molecular flexibility index (Phi) is 11.8. The second-order valence-corrected chi connectivity index (χ2v) is 11.7. The lowest BCUT2D eigenvalue weighted by atomic mass is 9.73. The molecule has 0 bridgehead atoms. The number of nitrogens with zero attached hydrogens (tertiary/aromatic N) is 2. The van der Waals surface area contributed by atoms with E-state index < -0.39 is 11.7 Å². The molecule has 2 aromatic carbocycles. The predicted molar refractivity (Wildman–Crippen MR) is 162 cm³/mol. The van der Waals surface area contributed by atoms with Crippen LogP contribution in [0.3, 0.4) is 0 Å². The number of aliphatic hydroxyl groups is 1. The van der Waals surface area contributed by atoms with Crippen molar-refractivity contribution in [1.82, 2.24) is 0 Å². The quantitative estimate of drug-likeness (QED) is 0.184. The molecule has 2 aromatic rings. The molecule has 1 atom stereocenters. The van der Waals surface area contributed by atoms with E-state index in [4.69, 9.17) is 0 Å². The molecule has 12 heteroatoms. The number of rotatable bonds is 16. The van der Waals surface area contributed by atoms with Gasteiger partial charge in [0, 0.05) is 103 Å². The Morgan fingerprint density at radius 1 is 0.625 bits per heavy atom. The summed E-state index contributed by atoms with van der Waals surface area (Å²) < 4.78 is 0. The summed E-state index contributed by atoms with van der Waals surface area (Å²) in [6, 6.07) is 8.26. The summed E-state index contributed by atoms with van der Waals surface area (Å²) in [6.07, 6.45) is 3.12. The van der Waals surface area contributed by atoms with Crippen molar-refractivity contribution in [3.63, 3.8) is 0 Å². The Bertz CT molecular complexity index is 1210. The molecule has 0 aliphatic heterocycles. The fourth-order valence-corrected chi connectivity index (χ4v) is 5.67. The van der Waals surface area contributed by atoms with Gasteiger partial charge in [0.05, 0.1) is 16.8 Å². The maximum absolute atomic E-state index is 13.8. The summed E-state index contributed by atoms with van der Waals surface area (Å²) in [4.78, 5) is 17.8. The van der Waals surface area contributed by atoms with Crippen LogP contribution in [0.4, 0.5) is 11.4 Å². The van der Waals surface area contributed by atoms with Crippen molar-refractivity contribution in [2.24, 2.45) is 0 Å². The number of ketones is 1. The Hall–Kier alpha value is -2.68. The molecule has 0 saturated carbocycles. The molecule has 8 nitrogen and oxygen atoms in total. The predicted octanol–water partition coefficient (Wildman–Crippen LogP) is 3.67. The topological polar surface area (TPSA) is 125 Å². The van der Waals surface area contributed by atoms with Gasteiger partial charge in [-0.15, -0.1) is 0 Å². The van der Waals surface area contributed by atoms with E-state index >= 15 is 0 Å². The molecular weight excluding hydrogens is 573 g/mol. The van der Waals surface area contributed by atoms with Crippen molar-refractivity contribution in [3.05, 3.63) is 41.2 Å². The number of phenolic OH excluding ortho intramolecular Hbond substituents is 4. The van der Waals surface area contributed by atoms with Gasteiger partial charge in [0.15, 0.2) is 5.78 Å². The number of benzene rings is 2. The first-order valence-electron chi connectivity index (χ1n) is 13.4. The zero-order chi connectivity index (χ0) is 29.4. The fourth-order valence-electron chi connectivity index (χ4n) is 5.03. The highest BCUT2D eigenvalue weighted by Gasteiger charge is 2.46. The maximum Gasteiger partial charge on any atom is 0.182 e. The van der Waals surface area contributed by atoms with Gasteiger partial charge in [-0.3, -0.25) is 4.79 Å². The Labute approximate surface area is 249 Å². The van der Waals surface area contributed by atoms with Crippen molar-refractivity contribution in [2.45, 2.75) is 55.8 Å². The van der Waals surface area contributed by atoms with Gasteiger partial charge in [0.25, 0.3) is 0 Å². The zero-order valence-corrected chi connectivity index (χ0v) is 26.4. The molecule has 0 fully saturated rings. The first kappa shape index (κ1) is 31.8. The summed E-state index contributed by atoms with van der Waals surface area (Å²) >= 11 is 0. The Balaban J connectivity index is 2.15. The van der Waals surface area contributed by atoms with E-state index in [2.05, 4.69) is 41.0 Å². The zero-order valence-electron chi connectivity index (χ0n) is 22.4. The smallest absolute Gasteiger partial charge is 0.182 e. The number of aliphatic hydroxyl groups excluding tert-OH is 1. The lowest BCUT2D eigenvalue weighted by Crippen LogP contribution is -2.34. The number of carbonyl (C=O) groups is 1. The van der Waals surface area contributed by atoms with E-state index in [1.54, 1.807) is 0 Å². The number of hydrogen-bond donors (Lipinski definition) is 5. The normalized spacial score (nSPS) is 14.9. The highest BCUT2D eigenvalue weighted by atomic mass is 28.2. The van der Waals surface area contributed by atoms with Crippen molar-refractivity contribution in [3.8, 4) is 23.0 Å². The molecule has 12 radical (unpaired) electrons. The van der Waals surface area contributed by atoms with Gasteiger partial charge in [-0.25, -0.2) is 0 Å². The summed E-state index contributed by atoms with van der Waals surface area (Å²) in [5.41, 5.74) is 1.21. The summed E-state index contributed by atoms with van der Waals surface area (Å²) in [5.74, 6) is -2.85. The number of hydrogen-bond acceptors (Lipinski definition) is 8. The van der Waals surface area contributed by atoms with E-state index in [0.29, 0.717) is 37.6 Å². The van der Waals surface area contributed by atoms with Crippen LogP contribution in [0, 0.1) is 0 Å². The van der Waals surface area contributed by atoms with Crippen molar-refractivity contribution in [1.29, 1.82) is 0 Å². The minimum absolute atomic E-state index is 0.0514. The number of aromatic hydroxyl groups is 4. The van der Waals surface area contributed by atoms with Crippen LogP contribution in [0.2, 0.25) is 24.2 Å². The van der Waals surface area contributed by atoms with Crippen LogP contribution in [0.1, 0.15) is 42.7 Å². The first-order valence-corrected chi connectivity index (χ1v) is 16.2. The molecule has 3 rings (SSSR count). The van der Waals surface area contributed by atoms with Gasteiger partial charge in [0.2, 0.25) is 0 Å².